The molecule has 2 amide bonds. The number of carbonyl (C=O) groups excluding carboxylic acids is 2. The Morgan fingerprint density at radius 3 is 2.58 bits per heavy atom. The van der Waals surface area contributed by atoms with Gasteiger partial charge in [0.2, 0.25) is 5.91 Å². The molecule has 2 heterocycles. The van der Waals surface area contributed by atoms with Crippen molar-refractivity contribution in [2.75, 3.05) is 32.8 Å². The van der Waals surface area contributed by atoms with Crippen LogP contribution in [0.5, 0.6) is 0 Å². The number of hydrogen-bond donors (Lipinski definition) is 2. The summed E-state index contributed by atoms with van der Waals surface area (Å²) >= 11 is 0. The molecule has 1 aliphatic carbocycles. The van der Waals surface area contributed by atoms with Crippen LogP contribution in [0, 0.1) is 12.8 Å². The van der Waals surface area contributed by atoms with Crippen molar-refractivity contribution in [1.82, 2.24) is 14.8 Å². The molecule has 1 aromatic heterocycles. The number of pyridine rings is 1. The lowest BCUT2D eigenvalue weighted by Gasteiger charge is -2.26. The molecule has 2 fully saturated rings. The van der Waals surface area contributed by atoms with Gasteiger partial charge in [-0.25, -0.2) is 0 Å². The fraction of sp³-hybridized carbons (Fsp3) is 0.480. The first-order valence-corrected chi connectivity index (χ1v) is 11.6. The lowest BCUT2D eigenvalue weighted by Crippen LogP contribution is -2.37. The Bertz CT molecular complexity index is 1100. The van der Waals surface area contributed by atoms with Gasteiger partial charge >= 0.3 is 0 Å². The van der Waals surface area contributed by atoms with Crippen LogP contribution in [0.1, 0.15) is 50.8 Å². The maximum atomic E-state index is 13.2. The molecular weight excluding hydrogens is 420 g/mol. The van der Waals surface area contributed by atoms with Gasteiger partial charge < -0.3 is 20.4 Å². The zero-order valence-corrected chi connectivity index (χ0v) is 19.3. The molecule has 176 valence electrons. The highest BCUT2D eigenvalue weighted by molar-refractivity contribution is 6.01. The highest BCUT2D eigenvalue weighted by Gasteiger charge is 2.35. The van der Waals surface area contributed by atoms with Crippen molar-refractivity contribution < 1.29 is 14.3 Å². The molecule has 2 aromatic rings. The van der Waals surface area contributed by atoms with Crippen LogP contribution in [0.3, 0.4) is 0 Å². The number of carbonyl (C=O) groups is 2. The van der Waals surface area contributed by atoms with Crippen molar-refractivity contribution in [1.29, 1.82) is 0 Å². The molecule has 33 heavy (non-hydrogen) atoms. The molecule has 0 unspecified atom stereocenters. The molecule has 1 saturated carbocycles. The molecule has 4 rings (SSSR count). The van der Waals surface area contributed by atoms with Gasteiger partial charge in [-0.05, 0) is 42.4 Å². The Balaban J connectivity index is 1.56. The maximum absolute atomic E-state index is 13.2. The number of amides is 2. The number of nitrogens with two attached hydrogens (primary N) is 1. The highest BCUT2D eigenvalue weighted by atomic mass is 16.5. The Morgan fingerprint density at radius 1 is 1.21 bits per heavy atom. The first-order chi connectivity index (χ1) is 15.8. The minimum Gasteiger partial charge on any atom is -0.379 e. The van der Waals surface area contributed by atoms with E-state index >= 15 is 0 Å². The van der Waals surface area contributed by atoms with Crippen LogP contribution in [0.2, 0.25) is 0 Å². The number of ether oxygens (including phenoxy) is 1. The molecule has 0 bridgehead atoms. The van der Waals surface area contributed by atoms with Gasteiger partial charge in [0.15, 0.2) is 0 Å². The third kappa shape index (κ3) is 5.51. The zero-order valence-electron chi connectivity index (χ0n) is 19.3. The monoisotopic (exact) mass is 452 g/mol. The van der Waals surface area contributed by atoms with E-state index in [1.807, 2.05) is 19.1 Å². The predicted molar refractivity (Wildman–Crippen MR) is 125 cm³/mol. The molecular formula is C25H32N4O4. The van der Waals surface area contributed by atoms with Crippen molar-refractivity contribution in [2.24, 2.45) is 11.7 Å². The summed E-state index contributed by atoms with van der Waals surface area (Å²) < 4.78 is 6.82. The summed E-state index contributed by atoms with van der Waals surface area (Å²) in [6.07, 6.45) is 3.26. The second-order valence-corrected chi connectivity index (χ2v) is 9.16. The smallest absolute Gasteiger partial charge is 0.264 e. The van der Waals surface area contributed by atoms with Crippen LogP contribution < -0.4 is 16.6 Å². The quantitative estimate of drug-likeness (QED) is 0.628. The average Bonchev–Trinajstić information content (AvgIpc) is 3.49. The van der Waals surface area contributed by atoms with Gasteiger partial charge in [-0.1, -0.05) is 31.2 Å². The van der Waals surface area contributed by atoms with Gasteiger partial charge in [0.05, 0.1) is 25.3 Å². The van der Waals surface area contributed by atoms with Crippen molar-refractivity contribution in [2.45, 2.75) is 39.3 Å². The Labute approximate surface area is 193 Å². The molecule has 1 aromatic carbocycles. The lowest BCUT2D eigenvalue weighted by atomic mass is 10.0. The number of nitrogens with one attached hydrogen (secondary N) is 1. The minimum atomic E-state index is -0.658. The normalized spacial score (nSPS) is 20.4. The SMILES string of the molecule is Cc1c(C(N)=O)cn(Cc2cccc(CCN3CCOCC3)c2)c(=O)c1C(=O)N[C@H]1C[C@@H]1C. The topological polar surface area (TPSA) is 107 Å². The number of primary amides is 1. The standard InChI is InChI=1S/C25H32N4O4/c1-16-12-21(16)27-24(31)22-17(2)20(23(26)30)15-29(25(22)32)14-19-5-3-4-18(13-19)6-7-28-8-10-33-11-9-28/h3-5,13,15-16,21H,6-12,14H2,1-2H3,(H2,26,30)(H,27,31)/t16-,21-/m0/s1. The summed E-state index contributed by atoms with van der Waals surface area (Å²) in [6.45, 7) is 8.28. The summed E-state index contributed by atoms with van der Waals surface area (Å²) in [6, 6.07) is 8.14. The average molecular weight is 453 g/mol. The zero-order chi connectivity index (χ0) is 23.5. The fourth-order valence-corrected chi connectivity index (χ4v) is 4.34. The van der Waals surface area contributed by atoms with E-state index < -0.39 is 17.4 Å². The summed E-state index contributed by atoms with van der Waals surface area (Å²) in [4.78, 5) is 40.5. The van der Waals surface area contributed by atoms with Crippen molar-refractivity contribution in [3.05, 3.63) is 68.6 Å². The van der Waals surface area contributed by atoms with Crippen LogP contribution in [0.25, 0.3) is 0 Å². The summed E-state index contributed by atoms with van der Waals surface area (Å²) in [5, 5.41) is 2.90. The number of aromatic nitrogens is 1. The van der Waals surface area contributed by atoms with Crippen LogP contribution in [-0.2, 0) is 17.7 Å². The van der Waals surface area contributed by atoms with E-state index in [2.05, 4.69) is 22.3 Å². The van der Waals surface area contributed by atoms with Gasteiger partial charge in [-0.15, -0.1) is 0 Å². The number of hydrogen-bond acceptors (Lipinski definition) is 5. The largest absolute Gasteiger partial charge is 0.379 e. The molecule has 2 atom stereocenters. The highest BCUT2D eigenvalue weighted by Crippen LogP contribution is 2.29. The molecule has 3 N–H and O–H groups in total. The number of benzene rings is 1. The van der Waals surface area contributed by atoms with E-state index in [-0.39, 0.29) is 23.7 Å². The fourth-order valence-electron chi connectivity index (χ4n) is 4.34. The predicted octanol–water partition coefficient (Wildman–Crippen LogP) is 1.32. The molecule has 2 aliphatic rings. The maximum Gasteiger partial charge on any atom is 0.264 e. The summed E-state index contributed by atoms with van der Waals surface area (Å²) in [5.41, 5.74) is 7.77. The van der Waals surface area contributed by atoms with E-state index in [4.69, 9.17) is 10.5 Å². The minimum absolute atomic E-state index is 0.00567. The lowest BCUT2D eigenvalue weighted by molar-refractivity contribution is 0.0384. The van der Waals surface area contributed by atoms with Gasteiger partial charge in [-0.3, -0.25) is 19.3 Å². The molecule has 8 heteroatoms. The molecule has 8 nitrogen and oxygen atoms in total. The van der Waals surface area contributed by atoms with Gasteiger partial charge in [0.1, 0.15) is 5.56 Å². The molecule has 0 radical (unpaired) electrons. The first kappa shape index (κ1) is 23.2. The van der Waals surface area contributed by atoms with Gasteiger partial charge in [0, 0.05) is 31.9 Å². The Hall–Kier alpha value is -2.97. The van der Waals surface area contributed by atoms with Crippen molar-refractivity contribution in [3.63, 3.8) is 0 Å². The number of nitrogens with zero attached hydrogens (tertiary/aromatic N) is 2. The summed E-state index contributed by atoms with van der Waals surface area (Å²) in [7, 11) is 0. The van der Waals surface area contributed by atoms with Crippen LogP contribution in [-0.4, -0.2) is 60.2 Å². The number of morpholine rings is 1. The first-order valence-electron chi connectivity index (χ1n) is 11.6. The summed E-state index contributed by atoms with van der Waals surface area (Å²) in [5.74, 6) is -0.701. The van der Waals surface area contributed by atoms with E-state index in [1.54, 1.807) is 6.92 Å². The van der Waals surface area contributed by atoms with Crippen LogP contribution in [0.4, 0.5) is 0 Å². The second-order valence-electron chi connectivity index (χ2n) is 9.16. The van der Waals surface area contributed by atoms with E-state index in [9.17, 15) is 14.4 Å². The third-order valence-electron chi connectivity index (χ3n) is 6.62. The van der Waals surface area contributed by atoms with Gasteiger partial charge in [0.25, 0.3) is 11.5 Å². The number of rotatable bonds is 8. The molecule has 1 aliphatic heterocycles. The molecule has 0 spiro atoms. The van der Waals surface area contributed by atoms with Crippen LogP contribution in [0.15, 0.2) is 35.3 Å². The van der Waals surface area contributed by atoms with E-state index in [0.29, 0.717) is 11.5 Å². The van der Waals surface area contributed by atoms with Crippen molar-refractivity contribution >= 4 is 11.8 Å². The van der Waals surface area contributed by atoms with Crippen LogP contribution >= 0.6 is 0 Å². The van der Waals surface area contributed by atoms with Crippen molar-refractivity contribution in [3.8, 4) is 0 Å². The van der Waals surface area contributed by atoms with E-state index in [0.717, 1.165) is 51.3 Å². The Morgan fingerprint density at radius 2 is 1.91 bits per heavy atom. The van der Waals surface area contributed by atoms with Gasteiger partial charge in [-0.2, -0.15) is 0 Å². The van der Waals surface area contributed by atoms with E-state index in [1.165, 1.54) is 16.3 Å². The second kappa shape index (κ2) is 9.89. The molecule has 1 saturated heterocycles. The Kier molecular flexibility index (Phi) is 6.95. The third-order valence-corrected chi connectivity index (χ3v) is 6.62.